The highest BCUT2D eigenvalue weighted by atomic mass is 127. The molecule has 4 rings (SSSR count). The average molecular weight is 550 g/mol. The van der Waals surface area contributed by atoms with Crippen molar-refractivity contribution in [1.29, 1.82) is 0 Å². The quantitative estimate of drug-likeness (QED) is 0.474. The van der Waals surface area contributed by atoms with Crippen LogP contribution in [0.3, 0.4) is 0 Å². The normalized spacial score (nSPS) is 15.5. The van der Waals surface area contributed by atoms with E-state index in [2.05, 4.69) is 27.9 Å². The number of amides is 1. The number of nitrogens with one attached hydrogen (secondary N) is 1. The lowest BCUT2D eigenvalue weighted by Gasteiger charge is -2.26. The van der Waals surface area contributed by atoms with Gasteiger partial charge in [0.2, 0.25) is 5.91 Å². The fraction of sp³-hybridized carbons (Fsp3) is 0.174. The molecule has 160 valence electrons. The molecule has 0 aromatic heterocycles. The third kappa shape index (κ3) is 4.45. The molecule has 0 saturated carbocycles. The highest BCUT2D eigenvalue weighted by Crippen LogP contribution is 2.36. The van der Waals surface area contributed by atoms with Gasteiger partial charge in [-0.25, -0.2) is 12.8 Å². The number of anilines is 1. The summed E-state index contributed by atoms with van der Waals surface area (Å²) in [7, 11) is -3.94. The van der Waals surface area contributed by atoms with E-state index in [1.807, 2.05) is 12.1 Å². The summed E-state index contributed by atoms with van der Waals surface area (Å²) in [6, 6.07) is 19.2. The zero-order valence-corrected chi connectivity index (χ0v) is 19.4. The highest BCUT2D eigenvalue weighted by molar-refractivity contribution is 14.1. The van der Waals surface area contributed by atoms with Crippen LogP contribution >= 0.6 is 22.6 Å². The number of para-hydroxylation sites is 1. The molecular weight excluding hydrogens is 530 g/mol. The van der Waals surface area contributed by atoms with Crippen LogP contribution in [0.1, 0.15) is 11.1 Å². The number of sulfonamides is 1. The molecule has 8 heteroatoms. The number of hydrogen-bond donors (Lipinski definition) is 1. The molecule has 0 unspecified atom stereocenters. The van der Waals surface area contributed by atoms with Crippen LogP contribution < -0.4 is 9.62 Å². The van der Waals surface area contributed by atoms with E-state index in [-0.39, 0.29) is 23.7 Å². The second-order valence-electron chi connectivity index (χ2n) is 7.24. The lowest BCUT2D eigenvalue weighted by atomic mass is 10.1. The van der Waals surface area contributed by atoms with Crippen LogP contribution in [0.4, 0.5) is 10.1 Å². The zero-order valence-electron chi connectivity index (χ0n) is 16.5. The van der Waals surface area contributed by atoms with Crippen molar-refractivity contribution in [2.45, 2.75) is 23.8 Å². The molecule has 1 heterocycles. The Labute approximate surface area is 194 Å². The number of carbonyl (C=O) groups excluding carboxylic acids is 1. The van der Waals surface area contributed by atoms with E-state index in [9.17, 15) is 17.6 Å². The number of nitrogens with zero attached hydrogens (tertiary/aromatic N) is 1. The largest absolute Gasteiger partial charge is 0.354 e. The third-order valence-corrected chi connectivity index (χ3v) is 7.81. The third-order valence-electron chi connectivity index (χ3n) is 5.25. The first-order chi connectivity index (χ1) is 14.9. The van der Waals surface area contributed by atoms with E-state index < -0.39 is 22.0 Å². The van der Waals surface area contributed by atoms with E-state index in [1.54, 1.807) is 54.6 Å². The number of halogens is 2. The minimum absolute atomic E-state index is 0.133. The number of rotatable bonds is 6. The second-order valence-corrected chi connectivity index (χ2v) is 10.3. The first-order valence-corrected chi connectivity index (χ1v) is 12.3. The fourth-order valence-corrected chi connectivity index (χ4v) is 5.72. The van der Waals surface area contributed by atoms with E-state index >= 15 is 0 Å². The molecule has 0 saturated heterocycles. The standard InChI is InChI=1S/C23H20FIN2O3S/c24-20-7-3-1-5-16(20)13-14-26-23(28)22-15-17-6-2-4-8-21(17)27(22)31(29,30)19-11-9-18(25)10-12-19/h1-12,22H,13-15H2,(H,26,28)/t22-/m0/s1. The van der Waals surface area contributed by atoms with E-state index in [1.165, 1.54) is 10.4 Å². The van der Waals surface area contributed by atoms with Crippen LogP contribution in [0.2, 0.25) is 0 Å². The van der Waals surface area contributed by atoms with Crippen molar-refractivity contribution in [1.82, 2.24) is 5.32 Å². The lowest BCUT2D eigenvalue weighted by molar-refractivity contribution is -0.122. The molecule has 0 radical (unpaired) electrons. The van der Waals surface area contributed by atoms with Crippen molar-refractivity contribution < 1.29 is 17.6 Å². The Hall–Kier alpha value is -2.46. The summed E-state index contributed by atoms with van der Waals surface area (Å²) in [4.78, 5) is 13.2. The molecule has 1 amide bonds. The van der Waals surface area contributed by atoms with Crippen LogP contribution in [0, 0.1) is 9.39 Å². The number of benzene rings is 3. The molecule has 0 aliphatic carbocycles. The van der Waals surface area contributed by atoms with Crippen molar-refractivity contribution in [2.75, 3.05) is 10.8 Å². The molecular formula is C23H20FIN2O3S. The summed E-state index contributed by atoms with van der Waals surface area (Å²) in [5.41, 5.74) is 1.81. The zero-order chi connectivity index (χ0) is 22.0. The molecule has 1 atom stereocenters. The average Bonchev–Trinajstić information content (AvgIpc) is 3.16. The molecule has 0 bridgehead atoms. The molecule has 1 aliphatic rings. The number of hydrogen-bond acceptors (Lipinski definition) is 3. The molecule has 3 aromatic rings. The maximum atomic E-state index is 13.8. The van der Waals surface area contributed by atoms with Crippen molar-refractivity contribution in [3.63, 3.8) is 0 Å². The fourth-order valence-electron chi connectivity index (χ4n) is 3.71. The summed E-state index contributed by atoms with van der Waals surface area (Å²) in [6.07, 6.45) is 0.604. The summed E-state index contributed by atoms with van der Waals surface area (Å²) in [6.45, 7) is 0.212. The SMILES string of the molecule is O=C(NCCc1ccccc1F)[C@@H]1Cc2ccccc2N1S(=O)(=O)c1ccc(I)cc1. The predicted octanol–water partition coefficient (Wildman–Crippen LogP) is 3.91. The molecule has 31 heavy (non-hydrogen) atoms. The van der Waals surface area contributed by atoms with Gasteiger partial charge in [0.15, 0.2) is 0 Å². The van der Waals surface area contributed by atoms with Crippen LogP contribution in [0.15, 0.2) is 77.7 Å². The van der Waals surface area contributed by atoms with Crippen LogP contribution in [0.5, 0.6) is 0 Å². The number of fused-ring (bicyclic) bond motifs is 1. The summed E-state index contributed by atoms with van der Waals surface area (Å²) < 4.78 is 42.9. The minimum Gasteiger partial charge on any atom is -0.354 e. The Bertz CT molecular complexity index is 1220. The van der Waals surface area contributed by atoms with E-state index in [0.717, 1.165) is 9.13 Å². The van der Waals surface area contributed by atoms with Gasteiger partial charge in [-0.2, -0.15) is 0 Å². The van der Waals surface area contributed by atoms with Gasteiger partial charge >= 0.3 is 0 Å². The monoisotopic (exact) mass is 550 g/mol. The molecule has 0 spiro atoms. The van der Waals surface area contributed by atoms with Crippen LogP contribution in [-0.2, 0) is 27.7 Å². The van der Waals surface area contributed by atoms with E-state index in [4.69, 9.17) is 0 Å². The smallest absolute Gasteiger partial charge is 0.265 e. The van der Waals surface area contributed by atoms with Crippen LogP contribution in [-0.4, -0.2) is 26.9 Å². The maximum Gasteiger partial charge on any atom is 0.265 e. The second kappa shape index (κ2) is 8.96. The van der Waals surface area contributed by atoms with Crippen molar-refractivity contribution in [3.05, 3.63) is 93.3 Å². The first-order valence-electron chi connectivity index (χ1n) is 9.77. The van der Waals surface area contributed by atoms with Crippen LogP contribution in [0.25, 0.3) is 0 Å². The van der Waals surface area contributed by atoms with Gasteiger partial charge in [-0.05, 0) is 76.5 Å². The maximum absolute atomic E-state index is 13.8. The van der Waals surface area contributed by atoms with Gasteiger partial charge in [0, 0.05) is 16.5 Å². The highest BCUT2D eigenvalue weighted by Gasteiger charge is 2.42. The summed E-state index contributed by atoms with van der Waals surface area (Å²) in [5, 5.41) is 2.78. The molecule has 3 aromatic carbocycles. The first kappa shape index (κ1) is 21.8. The molecule has 1 N–H and O–H groups in total. The Morgan fingerprint density at radius 2 is 1.71 bits per heavy atom. The molecule has 5 nitrogen and oxygen atoms in total. The van der Waals surface area contributed by atoms with Gasteiger partial charge < -0.3 is 5.32 Å². The lowest BCUT2D eigenvalue weighted by Crippen LogP contribution is -2.48. The van der Waals surface area contributed by atoms with Gasteiger partial charge in [0.05, 0.1) is 10.6 Å². The molecule has 1 aliphatic heterocycles. The van der Waals surface area contributed by atoms with Gasteiger partial charge in [0.25, 0.3) is 10.0 Å². The Balaban J connectivity index is 1.58. The Morgan fingerprint density at radius 1 is 1.03 bits per heavy atom. The van der Waals surface area contributed by atoms with Crippen molar-refractivity contribution in [3.8, 4) is 0 Å². The van der Waals surface area contributed by atoms with Gasteiger partial charge in [-0.15, -0.1) is 0 Å². The van der Waals surface area contributed by atoms with Gasteiger partial charge in [-0.1, -0.05) is 36.4 Å². The predicted molar refractivity (Wildman–Crippen MR) is 126 cm³/mol. The van der Waals surface area contributed by atoms with Crippen molar-refractivity contribution in [2.24, 2.45) is 0 Å². The number of carbonyl (C=O) groups is 1. The van der Waals surface area contributed by atoms with Gasteiger partial charge in [0.1, 0.15) is 11.9 Å². The minimum atomic E-state index is -3.94. The topological polar surface area (TPSA) is 66.5 Å². The summed E-state index contributed by atoms with van der Waals surface area (Å²) in [5.74, 6) is -0.727. The van der Waals surface area contributed by atoms with Gasteiger partial charge in [-0.3, -0.25) is 9.10 Å². The molecule has 0 fully saturated rings. The summed E-state index contributed by atoms with van der Waals surface area (Å²) >= 11 is 2.11. The Kier molecular flexibility index (Phi) is 6.29. The van der Waals surface area contributed by atoms with E-state index in [0.29, 0.717) is 17.7 Å². The van der Waals surface area contributed by atoms with Crippen molar-refractivity contribution >= 4 is 44.2 Å². The Morgan fingerprint density at radius 3 is 2.45 bits per heavy atom.